The molecule has 1 amide bonds. The van der Waals surface area contributed by atoms with Gasteiger partial charge in [0.05, 0.1) is 11.8 Å². The van der Waals surface area contributed by atoms with Crippen LogP contribution in [0.25, 0.3) is 0 Å². The lowest BCUT2D eigenvalue weighted by Crippen LogP contribution is -2.36. The maximum absolute atomic E-state index is 12.6. The third-order valence-electron chi connectivity index (χ3n) is 4.17. The second-order valence-electron chi connectivity index (χ2n) is 5.91. The van der Waals surface area contributed by atoms with Crippen molar-refractivity contribution in [2.45, 2.75) is 26.3 Å². The van der Waals surface area contributed by atoms with E-state index < -0.39 is 17.8 Å². The van der Waals surface area contributed by atoms with Crippen LogP contribution in [0.4, 0.5) is 0 Å². The first kappa shape index (κ1) is 16.0. The highest BCUT2D eigenvalue weighted by atomic mass is 79.9. The molecule has 1 aliphatic rings. The lowest BCUT2D eigenvalue weighted by molar-refractivity contribution is -0.148. The predicted octanol–water partition coefficient (Wildman–Crippen LogP) is 3.15. The molecule has 3 atom stereocenters. The summed E-state index contributed by atoms with van der Waals surface area (Å²) in [7, 11) is 1.74. The van der Waals surface area contributed by atoms with Gasteiger partial charge in [0.15, 0.2) is 0 Å². The first-order valence-corrected chi connectivity index (χ1v) is 7.90. The molecule has 1 aromatic rings. The van der Waals surface area contributed by atoms with Gasteiger partial charge < -0.3 is 10.0 Å². The number of hydrogen-bond acceptors (Lipinski definition) is 2. The van der Waals surface area contributed by atoms with E-state index in [2.05, 4.69) is 15.9 Å². The minimum absolute atomic E-state index is 0.0671. The van der Waals surface area contributed by atoms with Crippen LogP contribution in [0, 0.1) is 17.8 Å². The number of rotatable bonds is 4. The number of nitrogens with zero attached hydrogens (tertiary/aromatic N) is 1. The van der Waals surface area contributed by atoms with Crippen LogP contribution in [0.2, 0.25) is 0 Å². The molecule has 1 aliphatic carbocycles. The number of carbonyl (C=O) groups is 2. The fraction of sp³-hybridized carbons (Fsp3) is 0.500. The summed E-state index contributed by atoms with van der Waals surface area (Å²) in [5.41, 5.74) is 1.02. The average Bonchev–Trinajstić information content (AvgIpc) is 2.82. The van der Waals surface area contributed by atoms with Crippen LogP contribution in [0.5, 0.6) is 0 Å². The number of carboxylic acids is 1. The van der Waals surface area contributed by atoms with Crippen molar-refractivity contribution in [3.63, 3.8) is 0 Å². The highest BCUT2D eigenvalue weighted by Crippen LogP contribution is 2.37. The van der Waals surface area contributed by atoms with Crippen molar-refractivity contribution in [1.82, 2.24) is 4.90 Å². The number of hydrogen-bond donors (Lipinski definition) is 1. The topological polar surface area (TPSA) is 57.6 Å². The molecule has 0 spiro atoms. The van der Waals surface area contributed by atoms with Gasteiger partial charge in [0, 0.05) is 18.1 Å². The Kier molecular flexibility index (Phi) is 5.04. The summed E-state index contributed by atoms with van der Waals surface area (Å²) in [4.78, 5) is 25.5. The van der Waals surface area contributed by atoms with Gasteiger partial charge in [-0.3, -0.25) is 9.59 Å². The van der Waals surface area contributed by atoms with E-state index in [4.69, 9.17) is 0 Å². The zero-order valence-electron chi connectivity index (χ0n) is 12.3. The minimum atomic E-state index is -0.855. The van der Waals surface area contributed by atoms with Gasteiger partial charge in [-0.2, -0.15) is 0 Å². The van der Waals surface area contributed by atoms with E-state index in [1.54, 1.807) is 11.9 Å². The Labute approximate surface area is 133 Å². The lowest BCUT2D eigenvalue weighted by atomic mass is 9.95. The normalized spacial score (nSPS) is 24.8. The second kappa shape index (κ2) is 6.60. The molecular formula is C16H20BrNO3. The minimum Gasteiger partial charge on any atom is -0.481 e. The van der Waals surface area contributed by atoms with E-state index in [0.717, 1.165) is 10.0 Å². The first-order valence-electron chi connectivity index (χ1n) is 7.11. The molecule has 5 heteroatoms. The van der Waals surface area contributed by atoms with Gasteiger partial charge in [0.25, 0.3) is 0 Å². The summed E-state index contributed by atoms with van der Waals surface area (Å²) in [5, 5.41) is 9.29. The number of carboxylic acid groups (broad SMARTS) is 1. The molecular weight excluding hydrogens is 334 g/mol. The fourth-order valence-electron chi connectivity index (χ4n) is 3.08. The van der Waals surface area contributed by atoms with Gasteiger partial charge in [-0.15, -0.1) is 0 Å². The molecule has 3 unspecified atom stereocenters. The maximum atomic E-state index is 12.6. The third kappa shape index (κ3) is 3.64. The predicted molar refractivity (Wildman–Crippen MR) is 83.6 cm³/mol. The van der Waals surface area contributed by atoms with Gasteiger partial charge >= 0.3 is 5.97 Å². The van der Waals surface area contributed by atoms with E-state index >= 15 is 0 Å². The standard InChI is InChI=1S/C16H20BrNO3/c1-10-7-12(13(8-10)16(20)21)15(19)18(2)9-11-5-3-4-6-14(11)17/h3-6,10,12-13H,7-9H2,1-2H3,(H,20,21). The van der Waals surface area contributed by atoms with Crippen molar-refractivity contribution in [3.8, 4) is 0 Å². The molecule has 0 bridgehead atoms. The van der Waals surface area contributed by atoms with Crippen molar-refractivity contribution in [2.75, 3.05) is 7.05 Å². The highest BCUT2D eigenvalue weighted by molar-refractivity contribution is 9.10. The maximum Gasteiger partial charge on any atom is 0.307 e. The van der Waals surface area contributed by atoms with Crippen LogP contribution >= 0.6 is 15.9 Å². The number of halogens is 1. The molecule has 4 nitrogen and oxygen atoms in total. The van der Waals surface area contributed by atoms with Crippen molar-refractivity contribution >= 4 is 27.8 Å². The number of aliphatic carboxylic acids is 1. The first-order chi connectivity index (χ1) is 9.90. The molecule has 2 rings (SSSR count). The molecule has 0 heterocycles. The SMILES string of the molecule is CC1CC(C(=O)O)C(C(=O)N(C)Cc2ccccc2Br)C1. The monoisotopic (exact) mass is 353 g/mol. The quantitative estimate of drug-likeness (QED) is 0.904. The Bertz CT molecular complexity index is 546. The van der Waals surface area contributed by atoms with Crippen LogP contribution < -0.4 is 0 Å². The molecule has 0 saturated heterocycles. The smallest absolute Gasteiger partial charge is 0.307 e. The third-order valence-corrected chi connectivity index (χ3v) is 4.95. The van der Waals surface area contributed by atoms with Gasteiger partial charge in [0.1, 0.15) is 0 Å². The Morgan fingerprint density at radius 3 is 2.52 bits per heavy atom. The summed E-state index contributed by atoms with van der Waals surface area (Å²) in [6.07, 6.45) is 1.25. The van der Waals surface area contributed by atoms with Gasteiger partial charge in [0.2, 0.25) is 5.91 Å². The van der Waals surface area contributed by atoms with Crippen LogP contribution in [0.15, 0.2) is 28.7 Å². The number of amides is 1. The fourth-order valence-corrected chi connectivity index (χ4v) is 3.49. The number of benzene rings is 1. The Hall–Kier alpha value is -1.36. The number of carbonyl (C=O) groups excluding carboxylic acids is 1. The van der Waals surface area contributed by atoms with E-state index in [9.17, 15) is 14.7 Å². The molecule has 0 aliphatic heterocycles. The van der Waals surface area contributed by atoms with Crippen molar-refractivity contribution in [2.24, 2.45) is 17.8 Å². The van der Waals surface area contributed by atoms with E-state index in [0.29, 0.717) is 19.4 Å². The van der Waals surface area contributed by atoms with Gasteiger partial charge in [-0.25, -0.2) is 0 Å². The van der Waals surface area contributed by atoms with E-state index in [-0.39, 0.29) is 11.8 Å². The molecule has 0 radical (unpaired) electrons. The summed E-state index contributed by atoms with van der Waals surface area (Å²) in [6.45, 7) is 2.49. The molecule has 0 aromatic heterocycles. The summed E-state index contributed by atoms with van der Waals surface area (Å²) >= 11 is 3.47. The van der Waals surface area contributed by atoms with Crippen molar-refractivity contribution < 1.29 is 14.7 Å². The van der Waals surface area contributed by atoms with Crippen molar-refractivity contribution in [1.29, 1.82) is 0 Å². The van der Waals surface area contributed by atoms with Crippen LogP contribution in [-0.4, -0.2) is 28.9 Å². The second-order valence-corrected chi connectivity index (χ2v) is 6.77. The Balaban J connectivity index is 2.08. The Morgan fingerprint density at radius 2 is 1.90 bits per heavy atom. The molecule has 1 fully saturated rings. The van der Waals surface area contributed by atoms with Crippen LogP contribution in [0.1, 0.15) is 25.3 Å². The Morgan fingerprint density at radius 1 is 1.29 bits per heavy atom. The average molecular weight is 354 g/mol. The zero-order valence-corrected chi connectivity index (χ0v) is 13.8. The van der Waals surface area contributed by atoms with Crippen molar-refractivity contribution in [3.05, 3.63) is 34.3 Å². The molecule has 1 N–H and O–H groups in total. The molecule has 1 aromatic carbocycles. The van der Waals surface area contributed by atoms with E-state index in [1.165, 1.54) is 0 Å². The van der Waals surface area contributed by atoms with E-state index in [1.807, 2.05) is 31.2 Å². The lowest BCUT2D eigenvalue weighted by Gasteiger charge is -2.24. The molecule has 21 heavy (non-hydrogen) atoms. The highest BCUT2D eigenvalue weighted by Gasteiger charge is 2.42. The van der Waals surface area contributed by atoms with Crippen LogP contribution in [-0.2, 0) is 16.1 Å². The molecule has 114 valence electrons. The summed E-state index contributed by atoms with van der Waals surface area (Å²) in [6, 6.07) is 7.75. The van der Waals surface area contributed by atoms with Crippen LogP contribution in [0.3, 0.4) is 0 Å². The molecule has 1 saturated carbocycles. The van der Waals surface area contributed by atoms with Gasteiger partial charge in [-0.05, 0) is 30.4 Å². The van der Waals surface area contributed by atoms with Gasteiger partial charge in [-0.1, -0.05) is 41.1 Å². The summed E-state index contributed by atoms with van der Waals surface area (Å²) < 4.78 is 0.958. The summed E-state index contributed by atoms with van der Waals surface area (Å²) in [5.74, 6) is -1.58. The largest absolute Gasteiger partial charge is 0.481 e. The zero-order chi connectivity index (χ0) is 15.6.